The summed E-state index contributed by atoms with van der Waals surface area (Å²) in [7, 11) is 0. The van der Waals surface area contributed by atoms with Gasteiger partial charge in [0.05, 0.1) is 11.9 Å². The molecule has 0 aliphatic carbocycles. The molecule has 4 rings (SSSR count). The van der Waals surface area contributed by atoms with Crippen molar-refractivity contribution in [3.8, 4) is 5.69 Å². The maximum Gasteiger partial charge on any atom is 0.264 e. The van der Waals surface area contributed by atoms with E-state index in [1.165, 1.54) is 17.1 Å². The molecular formula is C19H20ClN5O2. The Hall–Kier alpha value is -2.67. The molecule has 7 nitrogen and oxygen atoms in total. The van der Waals surface area contributed by atoms with Crippen LogP contribution in [0, 0.1) is 5.92 Å². The molecule has 1 aliphatic rings. The lowest BCUT2D eigenvalue weighted by Gasteiger charge is -2.30. The molecule has 1 aromatic carbocycles. The molecule has 0 unspecified atom stereocenters. The van der Waals surface area contributed by atoms with Gasteiger partial charge in [-0.2, -0.15) is 5.10 Å². The molecule has 3 aromatic rings. The Labute approximate surface area is 161 Å². The van der Waals surface area contributed by atoms with Gasteiger partial charge in [0.1, 0.15) is 18.3 Å². The number of halogens is 1. The number of hydrogen-bond donors (Lipinski definition) is 0. The van der Waals surface area contributed by atoms with Gasteiger partial charge in [0, 0.05) is 18.1 Å². The third-order valence-electron chi connectivity index (χ3n) is 5.07. The fourth-order valence-electron chi connectivity index (χ4n) is 3.34. The summed E-state index contributed by atoms with van der Waals surface area (Å²) in [5, 5.41) is 5.28. The zero-order chi connectivity index (χ0) is 19.0. The number of carbonyl (C=O) groups excluding carboxylic acids is 1. The van der Waals surface area contributed by atoms with Crippen molar-refractivity contribution in [3.05, 3.63) is 52.2 Å². The molecular weight excluding hydrogens is 366 g/mol. The van der Waals surface area contributed by atoms with Crippen LogP contribution in [-0.4, -0.2) is 43.2 Å². The van der Waals surface area contributed by atoms with Crippen molar-refractivity contribution in [1.82, 2.24) is 24.2 Å². The topological polar surface area (TPSA) is 73.0 Å². The van der Waals surface area contributed by atoms with Crippen LogP contribution < -0.4 is 5.56 Å². The van der Waals surface area contributed by atoms with Gasteiger partial charge in [-0.25, -0.2) is 9.67 Å². The number of aromatic nitrogens is 4. The summed E-state index contributed by atoms with van der Waals surface area (Å²) in [6.45, 7) is 3.70. The van der Waals surface area contributed by atoms with E-state index < -0.39 is 0 Å². The molecule has 0 saturated carbocycles. The Bertz CT molecular complexity index is 1030. The second-order valence-corrected chi connectivity index (χ2v) is 7.45. The van der Waals surface area contributed by atoms with Crippen LogP contribution in [0.4, 0.5) is 0 Å². The standard InChI is InChI=1S/C19H20ClN5O2/c1-13-6-8-23(9-7-13)17(26)11-24-12-21-18-16(19(24)27)10-22-25(18)15-4-2-14(20)3-5-15/h2-5,10,12-13H,6-9,11H2,1H3. The normalized spacial score (nSPS) is 15.4. The maximum atomic E-state index is 12.8. The lowest BCUT2D eigenvalue weighted by Crippen LogP contribution is -2.41. The van der Waals surface area contributed by atoms with Crippen molar-refractivity contribution in [2.45, 2.75) is 26.3 Å². The zero-order valence-electron chi connectivity index (χ0n) is 15.0. The summed E-state index contributed by atoms with van der Waals surface area (Å²) in [6, 6.07) is 7.12. The largest absolute Gasteiger partial charge is 0.341 e. The van der Waals surface area contributed by atoms with Gasteiger partial charge >= 0.3 is 0 Å². The fraction of sp³-hybridized carbons (Fsp3) is 0.368. The van der Waals surface area contributed by atoms with Crippen LogP contribution in [-0.2, 0) is 11.3 Å². The third-order valence-corrected chi connectivity index (χ3v) is 5.32. The van der Waals surface area contributed by atoms with Crippen LogP contribution >= 0.6 is 11.6 Å². The predicted molar refractivity (Wildman–Crippen MR) is 103 cm³/mol. The van der Waals surface area contributed by atoms with Gasteiger partial charge in [-0.1, -0.05) is 18.5 Å². The number of piperidine rings is 1. The highest BCUT2D eigenvalue weighted by molar-refractivity contribution is 6.30. The Kier molecular flexibility index (Phi) is 4.70. The molecule has 0 radical (unpaired) electrons. The van der Waals surface area contributed by atoms with Crippen molar-refractivity contribution < 1.29 is 4.79 Å². The second-order valence-electron chi connectivity index (χ2n) is 7.01. The van der Waals surface area contributed by atoms with Crippen LogP contribution in [0.3, 0.4) is 0 Å². The lowest BCUT2D eigenvalue weighted by molar-refractivity contribution is -0.133. The molecule has 140 valence electrons. The number of amides is 1. The number of fused-ring (bicyclic) bond motifs is 1. The number of likely N-dealkylation sites (tertiary alicyclic amines) is 1. The summed E-state index contributed by atoms with van der Waals surface area (Å²) in [4.78, 5) is 31.5. The molecule has 0 N–H and O–H groups in total. The van der Waals surface area contributed by atoms with E-state index in [4.69, 9.17) is 11.6 Å². The predicted octanol–water partition coefficient (Wildman–Crippen LogP) is 2.49. The first-order valence-corrected chi connectivity index (χ1v) is 9.37. The van der Waals surface area contributed by atoms with Crippen LogP contribution in [0.25, 0.3) is 16.7 Å². The highest BCUT2D eigenvalue weighted by Gasteiger charge is 2.21. The van der Waals surface area contributed by atoms with Crippen molar-refractivity contribution >= 4 is 28.5 Å². The summed E-state index contributed by atoms with van der Waals surface area (Å²) in [6.07, 6.45) is 4.92. The minimum atomic E-state index is -0.265. The maximum absolute atomic E-state index is 12.8. The van der Waals surface area contributed by atoms with Crippen molar-refractivity contribution in [2.75, 3.05) is 13.1 Å². The van der Waals surface area contributed by atoms with Gasteiger partial charge in [0.2, 0.25) is 5.91 Å². The lowest BCUT2D eigenvalue weighted by atomic mass is 9.99. The quantitative estimate of drug-likeness (QED) is 0.694. The first-order valence-electron chi connectivity index (χ1n) is 9.00. The number of hydrogen-bond acceptors (Lipinski definition) is 4. The number of benzene rings is 1. The van der Waals surface area contributed by atoms with Gasteiger partial charge < -0.3 is 4.90 Å². The van der Waals surface area contributed by atoms with E-state index in [0.717, 1.165) is 31.6 Å². The van der Waals surface area contributed by atoms with Gasteiger partial charge in [-0.3, -0.25) is 14.2 Å². The minimum Gasteiger partial charge on any atom is -0.341 e. The molecule has 1 saturated heterocycles. The Morgan fingerprint density at radius 3 is 2.63 bits per heavy atom. The molecule has 1 amide bonds. The Morgan fingerprint density at radius 2 is 1.93 bits per heavy atom. The van der Waals surface area contributed by atoms with E-state index in [1.807, 2.05) is 17.0 Å². The number of carbonyl (C=O) groups is 1. The van der Waals surface area contributed by atoms with E-state index in [9.17, 15) is 9.59 Å². The monoisotopic (exact) mass is 385 g/mol. The van der Waals surface area contributed by atoms with Crippen LogP contribution in [0.1, 0.15) is 19.8 Å². The van der Waals surface area contributed by atoms with E-state index in [1.54, 1.807) is 16.8 Å². The summed E-state index contributed by atoms with van der Waals surface area (Å²) < 4.78 is 2.95. The SMILES string of the molecule is CC1CCN(C(=O)Cn2cnc3c(cnn3-c3ccc(Cl)cc3)c2=O)CC1. The second kappa shape index (κ2) is 7.15. The average Bonchev–Trinajstić information content (AvgIpc) is 3.10. The smallest absolute Gasteiger partial charge is 0.264 e. The van der Waals surface area contributed by atoms with E-state index in [0.29, 0.717) is 22.0 Å². The zero-order valence-corrected chi connectivity index (χ0v) is 15.8. The summed E-state index contributed by atoms with van der Waals surface area (Å²) in [5.41, 5.74) is 0.953. The average molecular weight is 386 g/mol. The summed E-state index contributed by atoms with van der Waals surface area (Å²) in [5.74, 6) is 0.601. The first-order chi connectivity index (χ1) is 13.0. The van der Waals surface area contributed by atoms with Crippen molar-refractivity contribution in [1.29, 1.82) is 0 Å². The minimum absolute atomic E-state index is 0.00226. The molecule has 8 heteroatoms. The van der Waals surface area contributed by atoms with Crippen LogP contribution in [0.2, 0.25) is 5.02 Å². The van der Waals surface area contributed by atoms with Crippen LogP contribution in [0.15, 0.2) is 41.6 Å². The Balaban J connectivity index is 1.60. The van der Waals surface area contributed by atoms with Crippen molar-refractivity contribution in [2.24, 2.45) is 5.92 Å². The molecule has 0 atom stereocenters. The van der Waals surface area contributed by atoms with Crippen molar-refractivity contribution in [3.63, 3.8) is 0 Å². The first kappa shape index (κ1) is 17.7. The van der Waals surface area contributed by atoms with Gasteiger partial charge in [0.25, 0.3) is 5.56 Å². The summed E-state index contributed by atoms with van der Waals surface area (Å²) >= 11 is 5.92. The molecule has 2 aromatic heterocycles. The van der Waals surface area contributed by atoms with E-state index in [-0.39, 0.29) is 18.0 Å². The fourth-order valence-corrected chi connectivity index (χ4v) is 3.46. The Morgan fingerprint density at radius 1 is 1.22 bits per heavy atom. The number of nitrogens with zero attached hydrogens (tertiary/aromatic N) is 5. The number of rotatable bonds is 3. The van der Waals surface area contributed by atoms with Gasteiger partial charge in [0.15, 0.2) is 5.65 Å². The molecule has 0 bridgehead atoms. The van der Waals surface area contributed by atoms with Crippen LogP contribution in [0.5, 0.6) is 0 Å². The molecule has 1 fully saturated rings. The third kappa shape index (κ3) is 3.47. The molecule has 1 aliphatic heterocycles. The highest BCUT2D eigenvalue weighted by Crippen LogP contribution is 2.18. The van der Waals surface area contributed by atoms with E-state index >= 15 is 0 Å². The highest BCUT2D eigenvalue weighted by atomic mass is 35.5. The van der Waals surface area contributed by atoms with Gasteiger partial charge in [-0.15, -0.1) is 0 Å². The molecule has 3 heterocycles. The molecule has 0 spiro atoms. The van der Waals surface area contributed by atoms with E-state index in [2.05, 4.69) is 17.0 Å². The van der Waals surface area contributed by atoms with Gasteiger partial charge in [-0.05, 0) is 43.0 Å². The molecule has 27 heavy (non-hydrogen) atoms.